The van der Waals surface area contributed by atoms with Crippen molar-refractivity contribution in [3.63, 3.8) is 0 Å². The molecule has 0 fully saturated rings. The molecule has 0 saturated heterocycles. The predicted octanol–water partition coefficient (Wildman–Crippen LogP) is 1.77. The van der Waals surface area contributed by atoms with Crippen molar-refractivity contribution in [2.75, 3.05) is 0 Å². The first-order chi connectivity index (χ1) is 6.15. The lowest BCUT2D eigenvalue weighted by molar-refractivity contribution is -0.110. The van der Waals surface area contributed by atoms with E-state index in [0.717, 1.165) is 12.1 Å². The maximum atomic E-state index is 12.7. The van der Waals surface area contributed by atoms with E-state index < -0.39 is 11.6 Å². The minimum absolute atomic E-state index is 0.312. The van der Waals surface area contributed by atoms with Crippen molar-refractivity contribution >= 4 is 6.41 Å². The van der Waals surface area contributed by atoms with Crippen LogP contribution in [0.5, 0.6) is 0 Å². The average Bonchev–Trinajstić information content (AvgIpc) is 2.10. The summed E-state index contributed by atoms with van der Waals surface area (Å²) in [5.41, 5.74) is 0.533. The van der Waals surface area contributed by atoms with Crippen molar-refractivity contribution in [1.29, 1.82) is 0 Å². The topological polar surface area (TPSA) is 29.1 Å². The molecule has 0 heterocycles. The fourth-order valence-corrected chi connectivity index (χ4v) is 0.980. The van der Waals surface area contributed by atoms with Crippen LogP contribution in [0.1, 0.15) is 18.5 Å². The second-order valence-electron chi connectivity index (χ2n) is 2.68. The van der Waals surface area contributed by atoms with Gasteiger partial charge in [0.05, 0.1) is 6.04 Å². The van der Waals surface area contributed by atoms with Gasteiger partial charge in [0.25, 0.3) is 0 Å². The summed E-state index contributed by atoms with van der Waals surface area (Å²) in [6.07, 6.45) is 0.520. The lowest BCUT2D eigenvalue weighted by Crippen LogP contribution is -2.16. The molecule has 70 valence electrons. The molecule has 0 spiro atoms. The molecule has 4 heteroatoms. The van der Waals surface area contributed by atoms with Gasteiger partial charge in [-0.15, -0.1) is 0 Å². The lowest BCUT2D eigenvalue weighted by atomic mass is 10.1. The van der Waals surface area contributed by atoms with Crippen LogP contribution in [-0.4, -0.2) is 6.41 Å². The quantitative estimate of drug-likeness (QED) is 0.714. The first-order valence-corrected chi connectivity index (χ1v) is 3.80. The molecule has 1 unspecified atom stereocenters. The van der Waals surface area contributed by atoms with Crippen molar-refractivity contribution in [3.8, 4) is 0 Å². The molecular weight excluding hydrogens is 176 g/mol. The van der Waals surface area contributed by atoms with Crippen LogP contribution >= 0.6 is 0 Å². The summed E-state index contributed by atoms with van der Waals surface area (Å²) >= 11 is 0. The molecule has 0 aliphatic carbocycles. The van der Waals surface area contributed by atoms with Gasteiger partial charge in [-0.2, -0.15) is 0 Å². The van der Waals surface area contributed by atoms with E-state index in [2.05, 4.69) is 5.32 Å². The van der Waals surface area contributed by atoms with Crippen LogP contribution in [0.2, 0.25) is 0 Å². The second-order valence-corrected chi connectivity index (χ2v) is 2.68. The van der Waals surface area contributed by atoms with E-state index in [9.17, 15) is 13.6 Å². The highest BCUT2D eigenvalue weighted by molar-refractivity contribution is 5.47. The number of rotatable bonds is 3. The van der Waals surface area contributed by atoms with Gasteiger partial charge in [0, 0.05) is 0 Å². The summed E-state index contributed by atoms with van der Waals surface area (Å²) < 4.78 is 25.2. The Bertz CT molecular complexity index is 314. The summed E-state index contributed by atoms with van der Waals surface area (Å²) in [5, 5.41) is 2.44. The summed E-state index contributed by atoms with van der Waals surface area (Å²) in [6, 6.07) is 3.22. The summed E-state index contributed by atoms with van der Waals surface area (Å²) in [4.78, 5) is 10.1. The van der Waals surface area contributed by atoms with Crippen LogP contribution in [-0.2, 0) is 4.79 Å². The highest BCUT2D eigenvalue weighted by Gasteiger charge is 2.07. The number of amides is 1. The normalized spacial score (nSPS) is 12.2. The Morgan fingerprint density at radius 2 is 2.08 bits per heavy atom. The number of carbonyl (C=O) groups is 1. The zero-order valence-electron chi connectivity index (χ0n) is 7.05. The molecule has 13 heavy (non-hydrogen) atoms. The minimum Gasteiger partial charge on any atom is -0.352 e. The molecule has 0 aliphatic heterocycles. The number of benzene rings is 1. The van der Waals surface area contributed by atoms with E-state index >= 15 is 0 Å². The van der Waals surface area contributed by atoms with E-state index in [4.69, 9.17) is 0 Å². The maximum absolute atomic E-state index is 12.7. The van der Waals surface area contributed by atoms with Crippen LogP contribution in [0.4, 0.5) is 8.78 Å². The molecular formula is C9H9F2NO. The van der Waals surface area contributed by atoms with Crippen LogP contribution in [0, 0.1) is 11.6 Å². The smallest absolute Gasteiger partial charge is 0.207 e. The van der Waals surface area contributed by atoms with Gasteiger partial charge >= 0.3 is 0 Å². The fourth-order valence-electron chi connectivity index (χ4n) is 0.980. The third kappa shape index (κ3) is 2.24. The van der Waals surface area contributed by atoms with Crippen LogP contribution in [0.3, 0.4) is 0 Å². The van der Waals surface area contributed by atoms with E-state index in [0.29, 0.717) is 12.0 Å². The Morgan fingerprint density at radius 3 is 2.62 bits per heavy atom. The Labute approximate surface area is 74.6 Å². The average molecular weight is 185 g/mol. The Balaban J connectivity index is 2.89. The number of halogens is 2. The maximum Gasteiger partial charge on any atom is 0.207 e. The number of carbonyl (C=O) groups excluding carboxylic acids is 1. The van der Waals surface area contributed by atoms with Crippen molar-refractivity contribution in [2.24, 2.45) is 0 Å². The monoisotopic (exact) mass is 185 g/mol. The van der Waals surface area contributed by atoms with E-state index in [1.807, 2.05) is 0 Å². The Morgan fingerprint density at radius 1 is 1.38 bits per heavy atom. The van der Waals surface area contributed by atoms with E-state index in [1.54, 1.807) is 6.92 Å². The molecule has 1 amide bonds. The predicted molar refractivity (Wildman–Crippen MR) is 44.0 cm³/mol. The number of hydrogen-bond donors (Lipinski definition) is 1. The van der Waals surface area contributed by atoms with Gasteiger partial charge in [0.15, 0.2) is 11.6 Å². The molecule has 0 saturated carbocycles. The molecule has 0 aromatic heterocycles. The third-order valence-electron chi connectivity index (χ3n) is 1.76. The van der Waals surface area contributed by atoms with Crippen molar-refractivity contribution in [1.82, 2.24) is 5.32 Å². The van der Waals surface area contributed by atoms with Gasteiger partial charge in [0.2, 0.25) is 6.41 Å². The van der Waals surface area contributed by atoms with Crippen molar-refractivity contribution in [3.05, 3.63) is 35.4 Å². The highest BCUT2D eigenvalue weighted by atomic mass is 19.2. The SMILES string of the molecule is CC(NC=O)c1ccc(F)c(F)c1. The summed E-state index contributed by atoms with van der Waals surface area (Å²) in [6.45, 7) is 1.68. The van der Waals surface area contributed by atoms with Gasteiger partial charge in [-0.05, 0) is 24.6 Å². The first-order valence-electron chi connectivity index (χ1n) is 3.80. The number of nitrogens with one attached hydrogen (secondary N) is 1. The molecule has 0 bridgehead atoms. The Hall–Kier alpha value is -1.45. The third-order valence-corrected chi connectivity index (χ3v) is 1.76. The molecule has 1 rings (SSSR count). The first kappa shape index (κ1) is 9.64. The highest BCUT2D eigenvalue weighted by Crippen LogP contribution is 2.15. The fraction of sp³-hybridized carbons (Fsp3) is 0.222. The summed E-state index contributed by atoms with van der Waals surface area (Å²) in [5.74, 6) is -1.79. The van der Waals surface area contributed by atoms with Gasteiger partial charge in [0.1, 0.15) is 0 Å². The zero-order valence-corrected chi connectivity index (χ0v) is 7.05. The van der Waals surface area contributed by atoms with Crippen LogP contribution < -0.4 is 5.32 Å². The molecule has 1 aromatic carbocycles. The summed E-state index contributed by atoms with van der Waals surface area (Å²) in [7, 11) is 0. The van der Waals surface area contributed by atoms with Gasteiger partial charge in [-0.25, -0.2) is 8.78 Å². The Kier molecular flexibility index (Phi) is 2.95. The molecule has 0 radical (unpaired) electrons. The van der Waals surface area contributed by atoms with Gasteiger partial charge in [-0.1, -0.05) is 6.07 Å². The molecule has 1 atom stereocenters. The largest absolute Gasteiger partial charge is 0.352 e. The van der Waals surface area contributed by atoms with Crippen LogP contribution in [0.25, 0.3) is 0 Å². The number of hydrogen-bond acceptors (Lipinski definition) is 1. The standard InChI is InChI=1S/C9H9F2NO/c1-6(12-5-13)7-2-3-8(10)9(11)4-7/h2-6H,1H3,(H,12,13). The minimum atomic E-state index is -0.906. The molecule has 0 aliphatic rings. The van der Waals surface area contributed by atoms with Gasteiger partial charge in [-0.3, -0.25) is 4.79 Å². The molecule has 2 nitrogen and oxygen atoms in total. The lowest BCUT2D eigenvalue weighted by Gasteiger charge is -2.10. The second kappa shape index (κ2) is 3.98. The van der Waals surface area contributed by atoms with Gasteiger partial charge < -0.3 is 5.32 Å². The van der Waals surface area contributed by atoms with Crippen LogP contribution in [0.15, 0.2) is 18.2 Å². The van der Waals surface area contributed by atoms with Crippen molar-refractivity contribution in [2.45, 2.75) is 13.0 Å². The van der Waals surface area contributed by atoms with Crippen molar-refractivity contribution < 1.29 is 13.6 Å². The van der Waals surface area contributed by atoms with E-state index in [1.165, 1.54) is 6.07 Å². The zero-order chi connectivity index (χ0) is 9.84. The van der Waals surface area contributed by atoms with E-state index in [-0.39, 0.29) is 6.04 Å². The molecule has 1 aromatic rings. The molecule has 1 N–H and O–H groups in total.